The largest absolute Gasteiger partial charge is 0.349 e. The number of unbranched alkanes of at least 4 members (excludes halogenated alkanes) is 1. The molecule has 0 aromatic carbocycles. The molecule has 24 heavy (non-hydrogen) atoms. The summed E-state index contributed by atoms with van der Waals surface area (Å²) in [5.41, 5.74) is 0. The maximum absolute atomic E-state index is 8.91. The van der Waals surface area contributed by atoms with Crippen LogP contribution in [0.25, 0.3) is 0 Å². The third-order valence-corrected chi connectivity index (χ3v) is 6.94. The summed E-state index contributed by atoms with van der Waals surface area (Å²) in [5.74, 6) is 3.08. The SMILES string of the molecule is CC(C#N)CCCCC1OC2OC(C)CCC3CCCC(C1C)C32. The van der Waals surface area contributed by atoms with Crippen LogP contribution in [0, 0.1) is 40.9 Å². The van der Waals surface area contributed by atoms with Gasteiger partial charge in [-0.15, -0.1) is 0 Å². The Hall–Kier alpha value is -0.590. The van der Waals surface area contributed by atoms with E-state index < -0.39 is 0 Å². The Kier molecular flexibility index (Phi) is 6.22. The highest BCUT2D eigenvalue weighted by atomic mass is 16.7. The monoisotopic (exact) mass is 333 g/mol. The Morgan fingerprint density at radius 1 is 1.08 bits per heavy atom. The first-order chi connectivity index (χ1) is 11.6. The van der Waals surface area contributed by atoms with Gasteiger partial charge in [-0.2, -0.15) is 5.26 Å². The van der Waals surface area contributed by atoms with E-state index in [9.17, 15) is 0 Å². The fourth-order valence-electron chi connectivity index (χ4n) is 5.45. The van der Waals surface area contributed by atoms with Crippen molar-refractivity contribution in [1.29, 1.82) is 5.26 Å². The number of nitrogens with zero attached hydrogens (tertiary/aromatic N) is 1. The lowest BCUT2D eigenvalue weighted by Gasteiger charge is -2.50. The maximum Gasteiger partial charge on any atom is 0.161 e. The van der Waals surface area contributed by atoms with Crippen molar-refractivity contribution in [2.24, 2.45) is 29.6 Å². The lowest BCUT2D eigenvalue weighted by molar-refractivity contribution is -0.274. The first-order valence-corrected chi connectivity index (χ1v) is 10.3. The van der Waals surface area contributed by atoms with Gasteiger partial charge in [0.05, 0.1) is 18.3 Å². The lowest BCUT2D eigenvalue weighted by Crippen LogP contribution is -2.51. The van der Waals surface area contributed by atoms with Gasteiger partial charge in [0.15, 0.2) is 6.29 Å². The summed E-state index contributed by atoms with van der Waals surface area (Å²) in [7, 11) is 0. The molecule has 2 aliphatic heterocycles. The second-order valence-electron chi connectivity index (χ2n) is 8.67. The molecule has 0 spiro atoms. The number of rotatable bonds is 5. The molecule has 0 N–H and O–H groups in total. The molecule has 8 unspecified atom stereocenters. The summed E-state index contributed by atoms with van der Waals surface area (Å²) < 4.78 is 12.9. The fourth-order valence-corrected chi connectivity index (χ4v) is 5.45. The van der Waals surface area contributed by atoms with Gasteiger partial charge in [-0.25, -0.2) is 0 Å². The van der Waals surface area contributed by atoms with E-state index in [1.54, 1.807) is 0 Å². The average molecular weight is 334 g/mol. The van der Waals surface area contributed by atoms with Crippen molar-refractivity contribution >= 4 is 0 Å². The summed E-state index contributed by atoms with van der Waals surface area (Å²) in [6.07, 6.45) is 11.8. The molecule has 8 atom stereocenters. The van der Waals surface area contributed by atoms with Crippen molar-refractivity contribution in [3.8, 4) is 6.07 Å². The summed E-state index contributed by atoms with van der Waals surface area (Å²) in [6.45, 7) is 6.65. The zero-order chi connectivity index (χ0) is 17.1. The number of hydrogen-bond donors (Lipinski definition) is 0. The van der Waals surface area contributed by atoms with E-state index in [0.29, 0.717) is 24.0 Å². The van der Waals surface area contributed by atoms with E-state index >= 15 is 0 Å². The van der Waals surface area contributed by atoms with Crippen LogP contribution in [0.2, 0.25) is 0 Å². The topological polar surface area (TPSA) is 42.2 Å². The zero-order valence-corrected chi connectivity index (χ0v) is 15.7. The van der Waals surface area contributed by atoms with Crippen molar-refractivity contribution in [3.05, 3.63) is 0 Å². The van der Waals surface area contributed by atoms with Crippen LogP contribution < -0.4 is 0 Å². The maximum atomic E-state index is 8.91. The third-order valence-electron chi connectivity index (χ3n) is 6.94. The molecule has 0 bridgehead atoms. The number of nitriles is 1. The van der Waals surface area contributed by atoms with Crippen LogP contribution in [-0.2, 0) is 9.47 Å². The Labute approximate surface area is 148 Å². The molecular formula is C21H35NO2. The van der Waals surface area contributed by atoms with Gasteiger partial charge in [0.25, 0.3) is 0 Å². The molecule has 3 fully saturated rings. The smallest absolute Gasteiger partial charge is 0.161 e. The van der Waals surface area contributed by atoms with Gasteiger partial charge in [-0.05, 0) is 70.1 Å². The highest BCUT2D eigenvalue weighted by Crippen LogP contribution is 2.50. The Balaban J connectivity index is 1.60. The summed E-state index contributed by atoms with van der Waals surface area (Å²) in [6, 6.07) is 2.34. The first-order valence-electron chi connectivity index (χ1n) is 10.3. The van der Waals surface area contributed by atoms with E-state index in [1.165, 1.54) is 38.5 Å². The number of ether oxygens (including phenoxy) is 2. The van der Waals surface area contributed by atoms with Crippen molar-refractivity contribution in [2.75, 3.05) is 0 Å². The van der Waals surface area contributed by atoms with Crippen LogP contribution in [0.1, 0.15) is 78.6 Å². The van der Waals surface area contributed by atoms with Gasteiger partial charge in [0.2, 0.25) is 0 Å². The van der Waals surface area contributed by atoms with Crippen LogP contribution in [0.5, 0.6) is 0 Å². The molecule has 1 saturated carbocycles. The standard InChI is InChI=1S/C21H35NO2/c1-14(13-22)7-4-5-10-19-16(3)18-9-6-8-17-12-11-15(2)23-21(24-19)20(17)18/h14-21H,4-12H2,1-3H3. The van der Waals surface area contributed by atoms with Crippen molar-refractivity contribution in [1.82, 2.24) is 0 Å². The molecule has 2 saturated heterocycles. The fraction of sp³-hybridized carbons (Fsp3) is 0.952. The molecule has 0 amide bonds. The van der Waals surface area contributed by atoms with E-state index in [0.717, 1.165) is 31.1 Å². The molecule has 0 radical (unpaired) electrons. The van der Waals surface area contributed by atoms with E-state index in [-0.39, 0.29) is 12.2 Å². The van der Waals surface area contributed by atoms with Crippen molar-refractivity contribution in [2.45, 2.75) is 97.1 Å². The molecule has 3 aliphatic rings. The van der Waals surface area contributed by atoms with E-state index in [2.05, 4.69) is 19.9 Å². The van der Waals surface area contributed by atoms with Crippen LogP contribution >= 0.6 is 0 Å². The summed E-state index contributed by atoms with van der Waals surface area (Å²) in [5, 5.41) is 8.91. The van der Waals surface area contributed by atoms with Gasteiger partial charge in [0, 0.05) is 11.8 Å². The summed E-state index contributed by atoms with van der Waals surface area (Å²) in [4.78, 5) is 0. The van der Waals surface area contributed by atoms with Crippen LogP contribution in [-0.4, -0.2) is 18.5 Å². The van der Waals surface area contributed by atoms with Gasteiger partial charge in [-0.3, -0.25) is 0 Å². The first kappa shape index (κ1) is 18.2. The molecule has 3 heteroatoms. The molecule has 0 aromatic heterocycles. The molecule has 2 heterocycles. The van der Waals surface area contributed by atoms with Gasteiger partial charge < -0.3 is 9.47 Å². The third kappa shape index (κ3) is 3.97. The minimum atomic E-state index is 0.0389. The Morgan fingerprint density at radius 3 is 2.71 bits per heavy atom. The normalized spacial score (nSPS) is 43.3. The van der Waals surface area contributed by atoms with Crippen molar-refractivity contribution < 1.29 is 9.47 Å². The Bertz CT molecular complexity index is 446. The van der Waals surface area contributed by atoms with Crippen LogP contribution in [0.4, 0.5) is 0 Å². The highest BCUT2D eigenvalue weighted by molar-refractivity contribution is 4.94. The van der Waals surface area contributed by atoms with Crippen LogP contribution in [0.15, 0.2) is 0 Å². The zero-order valence-electron chi connectivity index (χ0n) is 15.7. The molecule has 1 aliphatic carbocycles. The molecule has 3 nitrogen and oxygen atoms in total. The van der Waals surface area contributed by atoms with E-state index in [1.807, 2.05) is 6.92 Å². The van der Waals surface area contributed by atoms with Gasteiger partial charge in [0.1, 0.15) is 0 Å². The van der Waals surface area contributed by atoms with Gasteiger partial charge in [-0.1, -0.05) is 26.2 Å². The predicted octanol–water partition coefficient (Wildman–Crippen LogP) is 5.30. The average Bonchev–Trinajstić information content (AvgIpc) is 2.75. The highest BCUT2D eigenvalue weighted by Gasteiger charge is 2.49. The minimum Gasteiger partial charge on any atom is -0.349 e. The van der Waals surface area contributed by atoms with Gasteiger partial charge >= 0.3 is 0 Å². The minimum absolute atomic E-state index is 0.0389. The van der Waals surface area contributed by atoms with Crippen molar-refractivity contribution in [3.63, 3.8) is 0 Å². The lowest BCUT2D eigenvalue weighted by atomic mass is 9.63. The molecule has 0 aromatic rings. The predicted molar refractivity (Wildman–Crippen MR) is 95.2 cm³/mol. The second kappa shape index (κ2) is 8.19. The Morgan fingerprint density at radius 2 is 1.92 bits per heavy atom. The summed E-state index contributed by atoms with van der Waals surface area (Å²) >= 11 is 0. The molecule has 3 rings (SSSR count). The quantitative estimate of drug-likeness (QED) is 0.641. The number of hydrogen-bond acceptors (Lipinski definition) is 3. The van der Waals surface area contributed by atoms with E-state index in [4.69, 9.17) is 14.7 Å². The van der Waals surface area contributed by atoms with Crippen LogP contribution in [0.3, 0.4) is 0 Å². The second-order valence-corrected chi connectivity index (χ2v) is 8.67. The molecule has 136 valence electrons. The molecular weight excluding hydrogens is 298 g/mol.